The molecule has 1 aromatic rings. The zero-order chi connectivity index (χ0) is 13.6. The molecule has 0 aromatic heterocycles. The Bertz CT molecular complexity index is 531. The van der Waals surface area contributed by atoms with Crippen LogP contribution in [0.1, 0.15) is 44.4 Å². The molecule has 1 saturated heterocycles. The number of ether oxygens (including phenoxy) is 1. The van der Waals surface area contributed by atoms with E-state index in [2.05, 4.69) is 49.2 Å². The summed E-state index contributed by atoms with van der Waals surface area (Å²) in [5, 5.41) is 4.26. The molecule has 1 N–H and O–H groups in total. The Morgan fingerprint density at radius 2 is 2.26 bits per heavy atom. The van der Waals surface area contributed by atoms with E-state index >= 15 is 0 Å². The smallest absolute Gasteiger partial charge is 0.184 e. The Kier molecular flexibility index (Phi) is 2.93. The summed E-state index contributed by atoms with van der Waals surface area (Å²) in [6.07, 6.45) is 1.98. The highest BCUT2D eigenvalue weighted by Gasteiger charge is 2.46. The van der Waals surface area contributed by atoms with Crippen molar-refractivity contribution >= 4 is 17.3 Å². The van der Waals surface area contributed by atoms with E-state index in [1.165, 1.54) is 11.1 Å². The number of rotatable bonds is 2. The molecule has 3 nitrogen and oxygen atoms in total. The lowest BCUT2D eigenvalue weighted by atomic mass is 9.89. The summed E-state index contributed by atoms with van der Waals surface area (Å²) >= 11 is 5.48. The first-order valence-corrected chi connectivity index (χ1v) is 7.38. The SMILES string of the molecule is CCc1ccc2c(c1)[C@H]1C[C@@](C)(O2)N(CC)C(=S)N1. The number of aryl methyl sites for hydroxylation is 1. The fraction of sp³-hybridized carbons (Fsp3) is 0.533. The minimum atomic E-state index is -0.317. The molecule has 3 rings (SSSR count). The first kappa shape index (κ1) is 12.7. The fourth-order valence-electron chi connectivity index (χ4n) is 3.16. The second-order valence-electron chi connectivity index (χ2n) is 5.45. The molecule has 2 bridgehead atoms. The zero-order valence-corrected chi connectivity index (χ0v) is 12.5. The summed E-state index contributed by atoms with van der Waals surface area (Å²) in [5.41, 5.74) is 2.27. The third-order valence-electron chi connectivity index (χ3n) is 4.20. The largest absolute Gasteiger partial charge is 0.468 e. The van der Waals surface area contributed by atoms with Crippen LogP contribution in [-0.2, 0) is 6.42 Å². The van der Waals surface area contributed by atoms with Gasteiger partial charge in [-0.05, 0) is 44.1 Å². The Labute approximate surface area is 119 Å². The van der Waals surface area contributed by atoms with Crippen LogP contribution in [0.15, 0.2) is 18.2 Å². The second kappa shape index (κ2) is 4.37. The Balaban J connectivity index is 2.05. The second-order valence-corrected chi connectivity index (χ2v) is 5.84. The predicted molar refractivity (Wildman–Crippen MR) is 80.3 cm³/mol. The molecule has 2 atom stereocenters. The number of hydrogen-bond acceptors (Lipinski definition) is 2. The van der Waals surface area contributed by atoms with E-state index in [0.717, 1.165) is 30.2 Å². The molecule has 1 aromatic carbocycles. The summed E-state index contributed by atoms with van der Waals surface area (Å²) < 4.78 is 6.26. The maximum atomic E-state index is 6.26. The standard InChI is InChI=1S/C15H20N2OS/c1-4-10-6-7-13-11(8-10)12-9-15(3,18-13)17(5-2)14(19)16-12/h6-8,12H,4-5,9H2,1-3H3,(H,16,19)/t12-,15-/m1/s1. The van der Waals surface area contributed by atoms with E-state index in [-0.39, 0.29) is 11.8 Å². The predicted octanol–water partition coefficient (Wildman–Crippen LogP) is 3.00. The molecule has 4 heteroatoms. The van der Waals surface area contributed by atoms with Crippen molar-refractivity contribution in [1.82, 2.24) is 10.2 Å². The van der Waals surface area contributed by atoms with Crippen LogP contribution >= 0.6 is 12.2 Å². The molecule has 2 aliphatic rings. The highest BCUT2D eigenvalue weighted by molar-refractivity contribution is 7.80. The van der Waals surface area contributed by atoms with Crippen LogP contribution in [0.3, 0.4) is 0 Å². The summed E-state index contributed by atoms with van der Waals surface area (Å²) in [7, 11) is 0. The van der Waals surface area contributed by atoms with Crippen molar-refractivity contribution in [2.75, 3.05) is 6.54 Å². The molecule has 0 amide bonds. The van der Waals surface area contributed by atoms with Gasteiger partial charge in [-0.3, -0.25) is 0 Å². The Hall–Kier alpha value is -1.29. The van der Waals surface area contributed by atoms with Gasteiger partial charge in [0.25, 0.3) is 0 Å². The van der Waals surface area contributed by atoms with Crippen molar-refractivity contribution in [3.63, 3.8) is 0 Å². The monoisotopic (exact) mass is 276 g/mol. The van der Waals surface area contributed by atoms with Gasteiger partial charge in [-0.15, -0.1) is 0 Å². The van der Waals surface area contributed by atoms with Crippen LogP contribution in [0.25, 0.3) is 0 Å². The van der Waals surface area contributed by atoms with Crippen LogP contribution < -0.4 is 10.1 Å². The van der Waals surface area contributed by atoms with Crippen molar-refractivity contribution in [2.24, 2.45) is 0 Å². The van der Waals surface area contributed by atoms with Crippen molar-refractivity contribution in [3.05, 3.63) is 29.3 Å². The maximum Gasteiger partial charge on any atom is 0.184 e. The van der Waals surface area contributed by atoms with Crippen molar-refractivity contribution in [1.29, 1.82) is 0 Å². The molecule has 19 heavy (non-hydrogen) atoms. The third-order valence-corrected chi connectivity index (χ3v) is 4.54. The number of hydrogen-bond donors (Lipinski definition) is 1. The number of nitrogens with one attached hydrogen (secondary N) is 1. The van der Waals surface area contributed by atoms with E-state index in [1.807, 2.05) is 0 Å². The van der Waals surface area contributed by atoms with Gasteiger partial charge in [-0.25, -0.2) is 0 Å². The molecule has 102 valence electrons. The highest BCUT2D eigenvalue weighted by Crippen LogP contribution is 2.44. The fourth-order valence-corrected chi connectivity index (χ4v) is 3.63. The lowest BCUT2D eigenvalue weighted by Gasteiger charge is -2.52. The Morgan fingerprint density at radius 3 is 2.95 bits per heavy atom. The van der Waals surface area contributed by atoms with Crippen LogP contribution in [0.2, 0.25) is 0 Å². The van der Waals surface area contributed by atoms with Crippen molar-refractivity contribution in [2.45, 2.75) is 45.4 Å². The Morgan fingerprint density at radius 1 is 1.47 bits per heavy atom. The topological polar surface area (TPSA) is 24.5 Å². The molecule has 1 fully saturated rings. The van der Waals surface area contributed by atoms with E-state index in [1.54, 1.807) is 0 Å². The first-order chi connectivity index (χ1) is 9.07. The van der Waals surface area contributed by atoms with Gasteiger partial charge in [0.2, 0.25) is 0 Å². The molecule has 0 saturated carbocycles. The van der Waals surface area contributed by atoms with Crippen LogP contribution in [0, 0.1) is 0 Å². The molecule has 0 aliphatic carbocycles. The van der Waals surface area contributed by atoms with Crippen molar-refractivity contribution in [3.8, 4) is 5.75 Å². The van der Waals surface area contributed by atoms with Gasteiger partial charge in [0, 0.05) is 18.5 Å². The minimum Gasteiger partial charge on any atom is -0.468 e. The number of benzene rings is 1. The number of fused-ring (bicyclic) bond motifs is 4. The summed E-state index contributed by atoms with van der Waals surface area (Å²) in [6.45, 7) is 7.27. The van der Waals surface area contributed by atoms with Crippen LogP contribution in [0.5, 0.6) is 5.75 Å². The average Bonchev–Trinajstić information content (AvgIpc) is 2.38. The minimum absolute atomic E-state index is 0.274. The van der Waals surface area contributed by atoms with Gasteiger partial charge in [0.15, 0.2) is 10.8 Å². The summed E-state index contributed by atoms with van der Waals surface area (Å²) in [6, 6.07) is 6.77. The number of nitrogens with zero attached hydrogens (tertiary/aromatic N) is 1. The van der Waals surface area contributed by atoms with Crippen molar-refractivity contribution < 1.29 is 4.74 Å². The molecule has 0 radical (unpaired) electrons. The van der Waals surface area contributed by atoms with E-state index in [0.29, 0.717) is 0 Å². The summed E-state index contributed by atoms with van der Waals surface area (Å²) in [5.74, 6) is 0.990. The lowest BCUT2D eigenvalue weighted by molar-refractivity contribution is -0.0658. The van der Waals surface area contributed by atoms with Gasteiger partial charge in [0.05, 0.1) is 6.04 Å². The molecule has 0 unspecified atom stereocenters. The van der Waals surface area contributed by atoms with Gasteiger partial charge >= 0.3 is 0 Å². The summed E-state index contributed by atoms with van der Waals surface area (Å²) in [4.78, 5) is 2.13. The number of thiocarbonyl (C=S) groups is 1. The molecule has 2 heterocycles. The highest BCUT2D eigenvalue weighted by atomic mass is 32.1. The van der Waals surface area contributed by atoms with Gasteiger partial charge in [-0.1, -0.05) is 19.1 Å². The quantitative estimate of drug-likeness (QED) is 0.839. The third kappa shape index (κ3) is 1.89. The van der Waals surface area contributed by atoms with Crippen LogP contribution in [0.4, 0.5) is 0 Å². The van der Waals surface area contributed by atoms with Crippen LogP contribution in [-0.4, -0.2) is 22.3 Å². The first-order valence-electron chi connectivity index (χ1n) is 6.97. The molecule has 2 aliphatic heterocycles. The van der Waals surface area contributed by atoms with Gasteiger partial charge in [-0.2, -0.15) is 0 Å². The van der Waals surface area contributed by atoms with E-state index < -0.39 is 0 Å². The van der Waals surface area contributed by atoms with E-state index in [4.69, 9.17) is 17.0 Å². The molecular weight excluding hydrogens is 256 g/mol. The van der Waals surface area contributed by atoms with Gasteiger partial charge < -0.3 is 15.0 Å². The normalized spacial score (nSPS) is 28.5. The zero-order valence-electron chi connectivity index (χ0n) is 11.7. The lowest BCUT2D eigenvalue weighted by Crippen LogP contribution is -2.64. The van der Waals surface area contributed by atoms with E-state index in [9.17, 15) is 0 Å². The molecular formula is C15H20N2OS. The maximum absolute atomic E-state index is 6.26. The van der Waals surface area contributed by atoms with Gasteiger partial charge in [0.1, 0.15) is 5.75 Å². The average molecular weight is 276 g/mol. The molecule has 0 spiro atoms.